The zero-order valence-electron chi connectivity index (χ0n) is 15.6. The van der Waals surface area contributed by atoms with Crippen molar-refractivity contribution in [1.29, 1.82) is 0 Å². The molecule has 0 spiro atoms. The van der Waals surface area contributed by atoms with E-state index in [-0.39, 0.29) is 35.5 Å². The minimum absolute atomic E-state index is 0.0284. The van der Waals surface area contributed by atoms with Gasteiger partial charge in [-0.15, -0.1) is 0 Å². The van der Waals surface area contributed by atoms with Crippen LogP contribution in [0.5, 0.6) is 0 Å². The molecule has 1 aliphatic heterocycles. The van der Waals surface area contributed by atoms with Crippen molar-refractivity contribution in [2.45, 2.75) is 38.6 Å². The normalized spacial score (nSPS) is 24.2. The molecule has 26 heavy (non-hydrogen) atoms. The number of halogens is 1. The predicted molar refractivity (Wildman–Crippen MR) is 98.2 cm³/mol. The van der Waals surface area contributed by atoms with E-state index in [4.69, 9.17) is 0 Å². The summed E-state index contributed by atoms with van der Waals surface area (Å²) in [5.41, 5.74) is 1.05. The maximum atomic E-state index is 13.0. The largest absolute Gasteiger partial charge is 0.353 e. The van der Waals surface area contributed by atoms with Crippen LogP contribution in [0.4, 0.5) is 4.39 Å². The molecular weight excluding hydrogens is 333 g/mol. The van der Waals surface area contributed by atoms with Crippen molar-refractivity contribution in [1.82, 2.24) is 15.1 Å². The molecule has 0 aromatic heterocycles. The highest BCUT2D eigenvalue weighted by Gasteiger charge is 2.46. The summed E-state index contributed by atoms with van der Waals surface area (Å²) in [5.74, 6) is 0.259. The summed E-state index contributed by atoms with van der Waals surface area (Å²) in [4.78, 5) is 28.7. The number of rotatable bonds is 6. The molecule has 142 valence electrons. The minimum Gasteiger partial charge on any atom is -0.353 e. The van der Waals surface area contributed by atoms with Crippen LogP contribution < -0.4 is 5.32 Å². The maximum absolute atomic E-state index is 13.0. The molecule has 2 aliphatic rings. The molecule has 1 aromatic rings. The summed E-state index contributed by atoms with van der Waals surface area (Å²) in [7, 11) is 0. The van der Waals surface area contributed by atoms with Crippen LogP contribution >= 0.6 is 0 Å². The van der Waals surface area contributed by atoms with Gasteiger partial charge in [0.25, 0.3) is 0 Å². The van der Waals surface area contributed by atoms with Gasteiger partial charge in [0, 0.05) is 38.1 Å². The zero-order valence-corrected chi connectivity index (χ0v) is 15.6. The summed E-state index contributed by atoms with van der Waals surface area (Å²) in [6.07, 6.45) is 1.77. The number of nitrogens with one attached hydrogen (secondary N) is 1. The van der Waals surface area contributed by atoms with Crippen molar-refractivity contribution >= 4 is 11.8 Å². The van der Waals surface area contributed by atoms with E-state index in [1.165, 1.54) is 12.1 Å². The summed E-state index contributed by atoms with van der Waals surface area (Å²) in [6.45, 7) is 7.24. The highest BCUT2D eigenvalue weighted by atomic mass is 19.1. The third-order valence-corrected chi connectivity index (χ3v) is 5.48. The number of amides is 2. The molecule has 5 nitrogen and oxygen atoms in total. The fourth-order valence-corrected chi connectivity index (χ4v) is 3.53. The van der Waals surface area contributed by atoms with E-state index in [1.807, 2.05) is 18.7 Å². The fraction of sp³-hybridized carbons (Fsp3) is 0.600. The van der Waals surface area contributed by atoms with Crippen LogP contribution in [0, 0.1) is 11.7 Å². The second-order valence-corrected chi connectivity index (χ2v) is 7.48. The zero-order chi connectivity index (χ0) is 18.7. The molecule has 3 atom stereocenters. The predicted octanol–water partition coefficient (Wildman–Crippen LogP) is 1.99. The minimum atomic E-state index is -0.245. The molecule has 3 rings (SSSR count). The lowest BCUT2D eigenvalue weighted by Crippen LogP contribution is -2.52. The molecule has 3 unspecified atom stereocenters. The molecule has 2 fully saturated rings. The monoisotopic (exact) mass is 361 g/mol. The first kappa shape index (κ1) is 18.8. The van der Waals surface area contributed by atoms with E-state index in [2.05, 4.69) is 10.2 Å². The molecule has 1 N–H and O–H groups in total. The first-order valence-electron chi connectivity index (χ1n) is 9.54. The lowest BCUT2D eigenvalue weighted by atomic mass is 10.1. The Hall–Kier alpha value is -1.95. The Kier molecular flexibility index (Phi) is 5.91. The van der Waals surface area contributed by atoms with Crippen LogP contribution in [0.2, 0.25) is 0 Å². The van der Waals surface area contributed by atoms with E-state index < -0.39 is 0 Å². The Morgan fingerprint density at radius 2 is 1.85 bits per heavy atom. The fourth-order valence-electron chi connectivity index (χ4n) is 3.53. The highest BCUT2D eigenvalue weighted by Crippen LogP contribution is 2.48. The number of carbonyl (C=O) groups excluding carboxylic acids is 2. The summed E-state index contributed by atoms with van der Waals surface area (Å²) >= 11 is 0. The standard InChI is InChI=1S/C20H28FN3O2/c1-3-14(2)22-19(25)13-23-8-10-24(11-9-23)20(26)18-12-17(18)15-4-6-16(21)7-5-15/h4-7,14,17-18H,3,8-13H2,1-2H3,(H,22,25). The third-order valence-electron chi connectivity index (χ3n) is 5.48. The number of benzene rings is 1. The summed E-state index contributed by atoms with van der Waals surface area (Å²) in [6, 6.07) is 6.67. The van der Waals surface area contributed by atoms with Gasteiger partial charge in [0.15, 0.2) is 0 Å². The van der Waals surface area contributed by atoms with Gasteiger partial charge < -0.3 is 10.2 Å². The van der Waals surface area contributed by atoms with Crippen LogP contribution in [0.15, 0.2) is 24.3 Å². The lowest BCUT2D eigenvalue weighted by molar-refractivity contribution is -0.134. The quantitative estimate of drug-likeness (QED) is 0.843. The maximum Gasteiger partial charge on any atom is 0.234 e. The number of nitrogens with zero attached hydrogens (tertiary/aromatic N) is 2. The van der Waals surface area contributed by atoms with Crippen molar-refractivity contribution in [2.75, 3.05) is 32.7 Å². The van der Waals surface area contributed by atoms with Crippen molar-refractivity contribution < 1.29 is 14.0 Å². The summed E-state index contributed by atoms with van der Waals surface area (Å²) in [5, 5.41) is 2.98. The Bertz CT molecular complexity index is 641. The van der Waals surface area contributed by atoms with E-state index in [0.29, 0.717) is 19.6 Å². The second-order valence-electron chi connectivity index (χ2n) is 7.48. The van der Waals surface area contributed by atoms with Crippen molar-refractivity contribution in [2.24, 2.45) is 5.92 Å². The van der Waals surface area contributed by atoms with Crippen molar-refractivity contribution in [3.63, 3.8) is 0 Å². The van der Waals surface area contributed by atoms with E-state index in [0.717, 1.165) is 31.5 Å². The molecule has 1 aromatic carbocycles. The number of hydrogen-bond donors (Lipinski definition) is 1. The molecule has 0 radical (unpaired) electrons. The Labute approximate surface area is 154 Å². The second kappa shape index (κ2) is 8.16. The first-order valence-corrected chi connectivity index (χ1v) is 9.54. The third kappa shape index (κ3) is 4.61. The van der Waals surface area contributed by atoms with Gasteiger partial charge in [-0.2, -0.15) is 0 Å². The van der Waals surface area contributed by atoms with Crippen molar-refractivity contribution in [3.8, 4) is 0 Å². The molecule has 1 aliphatic carbocycles. The Morgan fingerprint density at radius 3 is 2.46 bits per heavy atom. The Balaban J connectivity index is 1.43. The topological polar surface area (TPSA) is 52.7 Å². The molecule has 0 bridgehead atoms. The Morgan fingerprint density at radius 1 is 1.19 bits per heavy atom. The van der Waals surface area contributed by atoms with E-state index >= 15 is 0 Å². The van der Waals surface area contributed by atoms with Gasteiger partial charge in [0.05, 0.1) is 6.54 Å². The lowest BCUT2D eigenvalue weighted by Gasteiger charge is -2.34. The average molecular weight is 361 g/mol. The molecule has 1 saturated heterocycles. The van der Waals surface area contributed by atoms with Gasteiger partial charge in [-0.1, -0.05) is 19.1 Å². The van der Waals surface area contributed by atoms with Gasteiger partial charge in [0.2, 0.25) is 11.8 Å². The molecule has 2 amide bonds. The van der Waals surface area contributed by atoms with Crippen LogP contribution in [0.3, 0.4) is 0 Å². The van der Waals surface area contributed by atoms with E-state index in [9.17, 15) is 14.0 Å². The number of hydrogen-bond acceptors (Lipinski definition) is 3. The highest BCUT2D eigenvalue weighted by molar-refractivity contribution is 5.83. The van der Waals surface area contributed by atoms with Gasteiger partial charge in [0.1, 0.15) is 5.82 Å². The van der Waals surface area contributed by atoms with Gasteiger partial charge in [-0.3, -0.25) is 14.5 Å². The molecule has 1 heterocycles. The first-order chi connectivity index (χ1) is 12.5. The number of carbonyl (C=O) groups is 2. The number of piperazine rings is 1. The van der Waals surface area contributed by atoms with Gasteiger partial charge >= 0.3 is 0 Å². The van der Waals surface area contributed by atoms with Gasteiger partial charge in [-0.05, 0) is 43.4 Å². The van der Waals surface area contributed by atoms with E-state index in [1.54, 1.807) is 12.1 Å². The van der Waals surface area contributed by atoms with Crippen LogP contribution in [-0.4, -0.2) is 60.4 Å². The van der Waals surface area contributed by atoms with Crippen molar-refractivity contribution in [3.05, 3.63) is 35.6 Å². The molecule has 6 heteroatoms. The summed E-state index contributed by atoms with van der Waals surface area (Å²) < 4.78 is 13.0. The van der Waals surface area contributed by atoms with Gasteiger partial charge in [-0.25, -0.2) is 4.39 Å². The van der Waals surface area contributed by atoms with Crippen LogP contribution in [-0.2, 0) is 9.59 Å². The van der Waals surface area contributed by atoms with Crippen LogP contribution in [0.25, 0.3) is 0 Å². The average Bonchev–Trinajstić information content (AvgIpc) is 3.43. The molecular formula is C20H28FN3O2. The SMILES string of the molecule is CCC(C)NC(=O)CN1CCN(C(=O)C2CC2c2ccc(F)cc2)CC1. The van der Waals surface area contributed by atoms with Crippen LogP contribution in [0.1, 0.15) is 38.2 Å². The molecule has 1 saturated carbocycles. The smallest absolute Gasteiger partial charge is 0.234 e.